The van der Waals surface area contributed by atoms with Crippen LogP contribution >= 0.6 is 39.7 Å². The molecule has 0 saturated carbocycles. The molecule has 5 heteroatoms. The summed E-state index contributed by atoms with van der Waals surface area (Å²) < 4.78 is 0.989. The van der Waals surface area contributed by atoms with Gasteiger partial charge in [-0.2, -0.15) is 0 Å². The highest BCUT2D eigenvalue weighted by Gasteiger charge is 2.21. The van der Waals surface area contributed by atoms with Crippen LogP contribution in [0.2, 0.25) is 5.02 Å². The van der Waals surface area contributed by atoms with Gasteiger partial charge in [-0.15, -0.1) is 0 Å². The molecular weight excluding hydrogens is 368 g/mol. The molecule has 0 spiro atoms. The number of halogens is 2. The van der Waals surface area contributed by atoms with Crippen molar-refractivity contribution in [2.75, 3.05) is 5.32 Å². The molecule has 106 valence electrons. The van der Waals surface area contributed by atoms with Crippen molar-refractivity contribution >= 4 is 56.1 Å². The molecule has 2 aromatic rings. The van der Waals surface area contributed by atoms with Crippen LogP contribution in [0.1, 0.15) is 18.1 Å². The normalized spacial score (nSPS) is 17.6. The summed E-state index contributed by atoms with van der Waals surface area (Å²) in [5, 5.41) is 3.95. The molecule has 21 heavy (non-hydrogen) atoms. The highest BCUT2D eigenvalue weighted by Crippen LogP contribution is 2.29. The Bertz CT molecular complexity index is 758. The Hall–Kier alpha value is -1.23. The van der Waals surface area contributed by atoms with Crippen molar-refractivity contribution in [3.8, 4) is 0 Å². The van der Waals surface area contributed by atoms with Gasteiger partial charge in [0.05, 0.1) is 11.8 Å². The van der Waals surface area contributed by atoms with E-state index in [4.69, 9.17) is 28.8 Å². The van der Waals surface area contributed by atoms with E-state index >= 15 is 0 Å². The van der Waals surface area contributed by atoms with Gasteiger partial charge in [-0.05, 0) is 31.2 Å². The van der Waals surface area contributed by atoms with Crippen molar-refractivity contribution in [3.63, 3.8) is 0 Å². The number of thiocarbonyl (C=S) groups is 1. The molecule has 1 heterocycles. The summed E-state index contributed by atoms with van der Waals surface area (Å²) in [5.74, 6) is 0. The molecule has 0 aliphatic carbocycles. The maximum absolute atomic E-state index is 6.36. The molecule has 1 atom stereocenters. The Kier molecular flexibility index (Phi) is 4.11. The van der Waals surface area contributed by atoms with Crippen LogP contribution < -0.4 is 5.32 Å². The summed E-state index contributed by atoms with van der Waals surface area (Å²) in [4.78, 5) is 5.49. The minimum Gasteiger partial charge on any atom is -0.348 e. The summed E-state index contributed by atoms with van der Waals surface area (Å²) >= 11 is 15.3. The molecule has 0 saturated heterocycles. The number of benzodiazepines with no additional fused rings is 1. The highest BCUT2D eigenvalue weighted by molar-refractivity contribution is 9.10. The van der Waals surface area contributed by atoms with Crippen LogP contribution in [-0.2, 0) is 0 Å². The first-order chi connectivity index (χ1) is 10.1. The van der Waals surface area contributed by atoms with Crippen molar-refractivity contribution in [1.29, 1.82) is 0 Å². The average Bonchev–Trinajstić information content (AvgIpc) is 2.58. The van der Waals surface area contributed by atoms with Crippen LogP contribution in [0.25, 0.3) is 0 Å². The molecule has 1 aliphatic rings. The Morgan fingerprint density at radius 3 is 2.71 bits per heavy atom. The quantitative estimate of drug-likeness (QED) is 0.699. The molecule has 1 aliphatic heterocycles. The standard InChI is InChI=1S/C16H12BrClN2S/c1-9-16(21)20-14-7-6-10(17)8-12(14)15(19-9)11-4-2-3-5-13(11)18/h2-9H,1H3,(H,20,21). The van der Waals surface area contributed by atoms with Crippen molar-refractivity contribution in [2.45, 2.75) is 13.0 Å². The number of nitrogens with one attached hydrogen (secondary N) is 1. The van der Waals surface area contributed by atoms with Gasteiger partial charge < -0.3 is 5.32 Å². The Labute approximate surface area is 142 Å². The van der Waals surface area contributed by atoms with Gasteiger partial charge >= 0.3 is 0 Å². The lowest BCUT2D eigenvalue weighted by molar-refractivity contribution is 0.991. The fourth-order valence-electron chi connectivity index (χ4n) is 2.25. The van der Waals surface area contributed by atoms with Crippen molar-refractivity contribution in [3.05, 3.63) is 63.1 Å². The second kappa shape index (κ2) is 5.87. The predicted molar refractivity (Wildman–Crippen MR) is 96.9 cm³/mol. The topological polar surface area (TPSA) is 24.4 Å². The van der Waals surface area contributed by atoms with E-state index in [1.54, 1.807) is 0 Å². The maximum Gasteiger partial charge on any atom is 0.104 e. The van der Waals surface area contributed by atoms with E-state index in [-0.39, 0.29) is 6.04 Å². The minimum atomic E-state index is -0.0996. The van der Waals surface area contributed by atoms with Gasteiger partial charge in [0, 0.05) is 26.3 Å². The lowest BCUT2D eigenvalue weighted by atomic mass is 10.0. The van der Waals surface area contributed by atoms with Gasteiger partial charge in [0.15, 0.2) is 0 Å². The van der Waals surface area contributed by atoms with Crippen LogP contribution in [-0.4, -0.2) is 16.7 Å². The van der Waals surface area contributed by atoms with E-state index in [9.17, 15) is 0 Å². The van der Waals surface area contributed by atoms with Gasteiger partial charge in [-0.3, -0.25) is 4.99 Å². The summed E-state index contributed by atoms with van der Waals surface area (Å²) in [6, 6.07) is 13.6. The molecular formula is C16H12BrClN2S. The number of aliphatic imine (C=N–C) groups is 1. The number of nitrogens with zero attached hydrogens (tertiary/aromatic N) is 1. The molecule has 1 unspecified atom stereocenters. The number of hydrogen-bond donors (Lipinski definition) is 1. The van der Waals surface area contributed by atoms with Crippen LogP contribution in [0.3, 0.4) is 0 Å². The van der Waals surface area contributed by atoms with Gasteiger partial charge in [0.2, 0.25) is 0 Å². The van der Waals surface area contributed by atoms with E-state index in [0.29, 0.717) is 10.0 Å². The third-order valence-electron chi connectivity index (χ3n) is 3.33. The second-order valence-corrected chi connectivity index (χ2v) is 6.58. The molecule has 0 aromatic heterocycles. The summed E-state index contributed by atoms with van der Waals surface area (Å²) in [5.41, 5.74) is 3.71. The maximum atomic E-state index is 6.36. The van der Waals surface area contributed by atoms with Crippen molar-refractivity contribution in [2.24, 2.45) is 4.99 Å². The molecule has 0 amide bonds. The van der Waals surface area contributed by atoms with Crippen molar-refractivity contribution < 1.29 is 0 Å². The van der Waals surface area contributed by atoms with Crippen LogP contribution in [0.4, 0.5) is 5.69 Å². The monoisotopic (exact) mass is 378 g/mol. The summed E-state index contributed by atoms with van der Waals surface area (Å²) in [6.07, 6.45) is 0. The largest absolute Gasteiger partial charge is 0.348 e. The smallest absolute Gasteiger partial charge is 0.104 e. The third-order valence-corrected chi connectivity index (χ3v) is 4.59. The van der Waals surface area contributed by atoms with Crippen LogP contribution in [0, 0.1) is 0 Å². The van der Waals surface area contributed by atoms with E-state index in [0.717, 1.165) is 27.0 Å². The Morgan fingerprint density at radius 1 is 1.19 bits per heavy atom. The van der Waals surface area contributed by atoms with E-state index < -0.39 is 0 Å². The molecule has 0 bridgehead atoms. The van der Waals surface area contributed by atoms with Gasteiger partial charge in [0.1, 0.15) is 4.99 Å². The summed E-state index contributed by atoms with van der Waals surface area (Å²) in [6.45, 7) is 1.98. The highest BCUT2D eigenvalue weighted by atomic mass is 79.9. The average molecular weight is 380 g/mol. The van der Waals surface area contributed by atoms with Crippen LogP contribution in [0.15, 0.2) is 51.9 Å². The first-order valence-electron chi connectivity index (χ1n) is 6.50. The molecule has 2 nitrogen and oxygen atoms in total. The van der Waals surface area contributed by atoms with E-state index in [1.807, 2.05) is 49.4 Å². The molecule has 0 radical (unpaired) electrons. The molecule has 1 N–H and O–H groups in total. The molecule has 2 aromatic carbocycles. The fourth-order valence-corrected chi connectivity index (χ4v) is 3.00. The SMILES string of the molecule is CC1N=C(c2ccccc2Cl)c2cc(Br)ccc2NC1=S. The number of rotatable bonds is 1. The fraction of sp³-hybridized carbons (Fsp3) is 0.125. The zero-order valence-electron chi connectivity index (χ0n) is 11.2. The number of benzene rings is 2. The van der Waals surface area contributed by atoms with E-state index in [2.05, 4.69) is 21.2 Å². The zero-order chi connectivity index (χ0) is 15.0. The number of anilines is 1. The van der Waals surface area contributed by atoms with Gasteiger partial charge in [-0.25, -0.2) is 0 Å². The Balaban J connectivity index is 2.27. The lowest BCUT2D eigenvalue weighted by Crippen LogP contribution is -2.20. The molecule has 0 fully saturated rings. The Morgan fingerprint density at radius 2 is 1.95 bits per heavy atom. The van der Waals surface area contributed by atoms with E-state index in [1.165, 1.54) is 0 Å². The third kappa shape index (κ3) is 2.89. The second-order valence-electron chi connectivity index (χ2n) is 4.81. The first kappa shape index (κ1) is 14.7. The predicted octanol–water partition coefficient (Wildman–Crippen LogP) is 5.08. The summed E-state index contributed by atoms with van der Waals surface area (Å²) in [7, 11) is 0. The zero-order valence-corrected chi connectivity index (χ0v) is 14.4. The van der Waals surface area contributed by atoms with Crippen molar-refractivity contribution in [1.82, 2.24) is 0 Å². The molecule has 3 rings (SSSR count). The minimum absolute atomic E-state index is 0.0996. The number of hydrogen-bond acceptors (Lipinski definition) is 2. The van der Waals surface area contributed by atoms with Gasteiger partial charge in [-0.1, -0.05) is 57.9 Å². The first-order valence-corrected chi connectivity index (χ1v) is 8.07. The van der Waals surface area contributed by atoms with Gasteiger partial charge in [0.25, 0.3) is 0 Å². The lowest BCUT2D eigenvalue weighted by Gasteiger charge is -2.12. The number of fused-ring (bicyclic) bond motifs is 1. The van der Waals surface area contributed by atoms with Crippen LogP contribution in [0.5, 0.6) is 0 Å².